The third-order valence-electron chi connectivity index (χ3n) is 8.96. The molecule has 1 aliphatic rings. The van der Waals surface area contributed by atoms with Gasteiger partial charge in [0.25, 0.3) is 0 Å². The summed E-state index contributed by atoms with van der Waals surface area (Å²) in [5.41, 5.74) is 0. The number of hydrogen-bond acceptors (Lipinski definition) is 6. The van der Waals surface area contributed by atoms with Crippen LogP contribution in [0.5, 0.6) is 0 Å². The summed E-state index contributed by atoms with van der Waals surface area (Å²) in [5.74, 6) is 0.211. The Morgan fingerprint density at radius 2 is 1.06 bits per heavy atom. The molecule has 0 aromatic heterocycles. The van der Waals surface area contributed by atoms with Crippen LogP contribution in [0.1, 0.15) is 181 Å². The number of epoxide rings is 1. The van der Waals surface area contributed by atoms with Gasteiger partial charge in [-0.05, 0) is 57.3 Å². The van der Waals surface area contributed by atoms with Gasteiger partial charge in [-0.1, -0.05) is 154 Å². The SMILES string of the molecule is CCCCC/C=C\CC1OC1C/C=C\C/C=C\CCCC(=O)OC[C@@H](O)COC(=O)CCCCCCCCCCCCCCCC(C)C. The maximum atomic E-state index is 12.0. The van der Waals surface area contributed by atoms with Crippen LogP contribution in [-0.4, -0.2) is 48.6 Å². The van der Waals surface area contributed by atoms with E-state index in [1.54, 1.807) is 0 Å². The summed E-state index contributed by atoms with van der Waals surface area (Å²) in [7, 11) is 0. The van der Waals surface area contributed by atoms with E-state index in [1.165, 1.54) is 96.3 Å². The molecule has 0 saturated carbocycles. The summed E-state index contributed by atoms with van der Waals surface area (Å²) >= 11 is 0. The van der Waals surface area contributed by atoms with Gasteiger partial charge in [-0.25, -0.2) is 0 Å². The van der Waals surface area contributed by atoms with Crippen LogP contribution in [0.2, 0.25) is 0 Å². The van der Waals surface area contributed by atoms with Crippen molar-refractivity contribution in [1.82, 2.24) is 0 Å². The molecule has 0 spiro atoms. The molecule has 278 valence electrons. The zero-order chi connectivity index (χ0) is 34.9. The predicted molar refractivity (Wildman–Crippen MR) is 200 cm³/mol. The second-order valence-corrected chi connectivity index (χ2v) is 14.3. The Hall–Kier alpha value is -1.92. The number of carbonyl (C=O) groups is 2. The molecular weight excluding hydrogens is 600 g/mol. The summed E-state index contributed by atoms with van der Waals surface area (Å²) in [4.78, 5) is 23.9. The standard InChI is InChI=1S/C42H74O6/c1-4-5-6-7-21-26-31-39-40(48-39)32-27-22-17-15-19-24-29-34-42(45)47-36-38(43)35-46-41(44)33-28-23-18-14-12-10-8-9-11-13-16-20-25-30-37(2)3/h15,19,21-22,26-27,37-40,43H,4-14,16-18,20,23-25,28-36H2,1-3H3/b19-15-,26-21-,27-22-/t38-,39?,40?/m0/s1. The third kappa shape index (κ3) is 30.2. The summed E-state index contributed by atoms with van der Waals surface area (Å²) in [5, 5.41) is 10.0. The fourth-order valence-corrected chi connectivity index (χ4v) is 5.77. The van der Waals surface area contributed by atoms with E-state index in [1.807, 2.05) is 0 Å². The van der Waals surface area contributed by atoms with Crippen molar-refractivity contribution in [2.75, 3.05) is 13.2 Å². The van der Waals surface area contributed by atoms with Gasteiger partial charge >= 0.3 is 11.9 Å². The minimum absolute atomic E-state index is 0.135. The van der Waals surface area contributed by atoms with Gasteiger partial charge in [0.1, 0.15) is 19.3 Å². The van der Waals surface area contributed by atoms with Crippen LogP contribution in [-0.2, 0) is 23.8 Å². The normalized spacial score (nSPS) is 16.9. The first-order valence-electron chi connectivity index (χ1n) is 20.0. The highest BCUT2D eigenvalue weighted by atomic mass is 16.6. The predicted octanol–water partition coefficient (Wildman–Crippen LogP) is 11.3. The van der Waals surface area contributed by atoms with Crippen molar-refractivity contribution in [3.63, 3.8) is 0 Å². The number of aliphatic hydroxyl groups is 1. The Kier molecular flexibility index (Phi) is 29.7. The van der Waals surface area contributed by atoms with Crippen LogP contribution in [0.15, 0.2) is 36.5 Å². The highest BCUT2D eigenvalue weighted by Gasteiger charge is 2.35. The monoisotopic (exact) mass is 675 g/mol. The Morgan fingerprint density at radius 3 is 1.62 bits per heavy atom. The molecule has 48 heavy (non-hydrogen) atoms. The lowest BCUT2D eigenvalue weighted by atomic mass is 10.0. The van der Waals surface area contributed by atoms with Crippen molar-refractivity contribution in [3.8, 4) is 0 Å². The van der Waals surface area contributed by atoms with Gasteiger partial charge in [0.05, 0.1) is 12.2 Å². The van der Waals surface area contributed by atoms with Crippen molar-refractivity contribution in [3.05, 3.63) is 36.5 Å². The van der Waals surface area contributed by atoms with E-state index in [9.17, 15) is 14.7 Å². The van der Waals surface area contributed by atoms with Gasteiger partial charge in [0.15, 0.2) is 0 Å². The Morgan fingerprint density at radius 1 is 0.604 bits per heavy atom. The smallest absolute Gasteiger partial charge is 0.305 e. The largest absolute Gasteiger partial charge is 0.463 e. The van der Waals surface area contributed by atoms with E-state index in [2.05, 4.69) is 57.2 Å². The van der Waals surface area contributed by atoms with E-state index < -0.39 is 6.10 Å². The number of aliphatic hydroxyl groups excluding tert-OH is 1. The fraction of sp³-hybridized carbons (Fsp3) is 0.810. The molecule has 6 heteroatoms. The number of hydrogen-bond donors (Lipinski definition) is 1. The average Bonchev–Trinajstić information content (AvgIpc) is 3.82. The zero-order valence-electron chi connectivity index (χ0n) is 31.4. The van der Waals surface area contributed by atoms with E-state index >= 15 is 0 Å². The van der Waals surface area contributed by atoms with Gasteiger partial charge in [-0.15, -0.1) is 0 Å². The highest BCUT2D eigenvalue weighted by Crippen LogP contribution is 2.29. The van der Waals surface area contributed by atoms with Crippen molar-refractivity contribution < 1.29 is 28.9 Å². The minimum Gasteiger partial charge on any atom is -0.463 e. The molecule has 1 N–H and O–H groups in total. The van der Waals surface area contributed by atoms with E-state index in [0.717, 1.165) is 50.9 Å². The van der Waals surface area contributed by atoms with E-state index in [-0.39, 0.29) is 25.2 Å². The fourth-order valence-electron chi connectivity index (χ4n) is 5.77. The number of carbonyl (C=O) groups excluding carboxylic acids is 2. The minimum atomic E-state index is -0.988. The lowest BCUT2D eigenvalue weighted by Gasteiger charge is -2.12. The van der Waals surface area contributed by atoms with Crippen LogP contribution in [0, 0.1) is 5.92 Å². The summed E-state index contributed by atoms with van der Waals surface area (Å²) < 4.78 is 16.0. The van der Waals surface area contributed by atoms with Crippen LogP contribution < -0.4 is 0 Å². The average molecular weight is 675 g/mol. The number of rotatable bonds is 34. The number of unbranched alkanes of at least 4 members (excludes halogenated alkanes) is 16. The molecule has 1 fully saturated rings. The number of ether oxygens (including phenoxy) is 3. The molecule has 0 bridgehead atoms. The first kappa shape index (κ1) is 44.1. The van der Waals surface area contributed by atoms with Gasteiger partial charge in [-0.3, -0.25) is 9.59 Å². The topological polar surface area (TPSA) is 85.4 Å². The first-order valence-corrected chi connectivity index (χ1v) is 20.0. The Balaban J connectivity index is 1.85. The van der Waals surface area contributed by atoms with Crippen molar-refractivity contribution in [1.29, 1.82) is 0 Å². The molecule has 0 aliphatic carbocycles. The zero-order valence-corrected chi connectivity index (χ0v) is 31.4. The van der Waals surface area contributed by atoms with Crippen LogP contribution in [0.4, 0.5) is 0 Å². The molecule has 0 aromatic carbocycles. The summed E-state index contributed by atoms with van der Waals surface area (Å²) in [6.45, 7) is 6.57. The number of esters is 2. The van der Waals surface area contributed by atoms with Gasteiger partial charge in [0.2, 0.25) is 0 Å². The van der Waals surface area contributed by atoms with Gasteiger partial charge in [-0.2, -0.15) is 0 Å². The van der Waals surface area contributed by atoms with Crippen LogP contribution >= 0.6 is 0 Å². The Labute approximate surface area is 295 Å². The van der Waals surface area contributed by atoms with Crippen LogP contribution in [0.25, 0.3) is 0 Å². The van der Waals surface area contributed by atoms with Crippen molar-refractivity contribution >= 4 is 11.9 Å². The molecule has 0 aromatic rings. The van der Waals surface area contributed by atoms with Crippen molar-refractivity contribution in [2.24, 2.45) is 5.92 Å². The lowest BCUT2D eigenvalue weighted by molar-refractivity contribution is -0.152. The molecular formula is C42H74O6. The molecule has 0 radical (unpaired) electrons. The highest BCUT2D eigenvalue weighted by molar-refractivity contribution is 5.69. The lowest BCUT2D eigenvalue weighted by Crippen LogP contribution is -2.25. The number of allylic oxidation sites excluding steroid dienone is 4. The van der Waals surface area contributed by atoms with Gasteiger partial charge < -0.3 is 19.3 Å². The molecule has 0 amide bonds. The van der Waals surface area contributed by atoms with Crippen LogP contribution in [0.3, 0.4) is 0 Å². The third-order valence-corrected chi connectivity index (χ3v) is 8.96. The second kappa shape index (κ2) is 32.3. The quantitative estimate of drug-likeness (QED) is 0.0316. The van der Waals surface area contributed by atoms with E-state index in [0.29, 0.717) is 31.5 Å². The molecule has 1 rings (SSSR count). The van der Waals surface area contributed by atoms with Crippen molar-refractivity contribution in [2.45, 2.75) is 200 Å². The molecule has 1 heterocycles. The Bertz CT molecular complexity index is 847. The molecule has 1 aliphatic heterocycles. The molecule has 1 saturated heterocycles. The maximum absolute atomic E-state index is 12.0. The first-order chi connectivity index (χ1) is 23.4. The van der Waals surface area contributed by atoms with E-state index in [4.69, 9.17) is 14.2 Å². The summed E-state index contributed by atoms with van der Waals surface area (Å²) in [6.07, 6.45) is 40.9. The second-order valence-electron chi connectivity index (χ2n) is 14.3. The van der Waals surface area contributed by atoms with Gasteiger partial charge in [0, 0.05) is 12.8 Å². The molecule has 3 atom stereocenters. The molecule has 2 unspecified atom stereocenters. The maximum Gasteiger partial charge on any atom is 0.305 e. The molecule has 6 nitrogen and oxygen atoms in total. The summed E-state index contributed by atoms with van der Waals surface area (Å²) in [6, 6.07) is 0.